The van der Waals surface area contributed by atoms with Gasteiger partial charge in [0, 0.05) is 26.1 Å². The Morgan fingerprint density at radius 1 is 1.09 bits per heavy atom. The highest BCUT2D eigenvalue weighted by molar-refractivity contribution is 7.92. The first-order valence-electron chi connectivity index (χ1n) is 11.8. The lowest BCUT2D eigenvalue weighted by atomic mass is 10.1. The Hall–Kier alpha value is -3.07. The molecule has 0 aliphatic carbocycles. The van der Waals surface area contributed by atoms with Gasteiger partial charge in [-0.25, -0.2) is 8.42 Å². The van der Waals surface area contributed by atoms with Crippen LogP contribution in [-0.2, 0) is 26.2 Å². The number of nitrogens with zero attached hydrogens (tertiary/aromatic N) is 2. The molecular formula is C26H37N3O5S. The van der Waals surface area contributed by atoms with E-state index < -0.39 is 16.1 Å². The number of hydrogen-bond acceptors (Lipinski definition) is 5. The van der Waals surface area contributed by atoms with Gasteiger partial charge in [0.1, 0.15) is 11.8 Å². The van der Waals surface area contributed by atoms with Crippen LogP contribution in [0.3, 0.4) is 0 Å². The SMILES string of the molecule is CCCNC(=O)[C@@H](C)N(Cc1ccc(OC)cc1)C(=O)CCCN(c1ccccc1C)S(C)(=O)=O. The Balaban J connectivity index is 2.16. The lowest BCUT2D eigenvalue weighted by Gasteiger charge is -2.29. The summed E-state index contributed by atoms with van der Waals surface area (Å²) in [4.78, 5) is 27.5. The third-order valence-electron chi connectivity index (χ3n) is 5.76. The minimum atomic E-state index is -3.52. The van der Waals surface area contributed by atoms with Crippen LogP contribution in [0.1, 0.15) is 44.2 Å². The number of ether oxygens (including phenoxy) is 1. The van der Waals surface area contributed by atoms with Gasteiger partial charge in [-0.2, -0.15) is 0 Å². The molecular weight excluding hydrogens is 466 g/mol. The third-order valence-corrected chi connectivity index (χ3v) is 6.94. The van der Waals surface area contributed by atoms with Crippen LogP contribution in [0.4, 0.5) is 5.69 Å². The third kappa shape index (κ3) is 8.28. The maximum absolute atomic E-state index is 13.3. The number of rotatable bonds is 13. The second kappa shape index (κ2) is 13.1. The van der Waals surface area contributed by atoms with Crippen LogP contribution in [0.25, 0.3) is 0 Å². The van der Waals surface area contributed by atoms with Gasteiger partial charge in [-0.1, -0.05) is 37.3 Å². The summed E-state index contributed by atoms with van der Waals surface area (Å²) < 4.78 is 31.4. The monoisotopic (exact) mass is 503 g/mol. The fraction of sp³-hybridized carbons (Fsp3) is 0.462. The van der Waals surface area contributed by atoms with E-state index >= 15 is 0 Å². The van der Waals surface area contributed by atoms with Crippen molar-refractivity contribution < 1.29 is 22.7 Å². The molecule has 0 heterocycles. The van der Waals surface area contributed by atoms with Crippen LogP contribution in [0.5, 0.6) is 5.75 Å². The van der Waals surface area contributed by atoms with Crippen LogP contribution in [0.2, 0.25) is 0 Å². The quantitative estimate of drug-likeness (QED) is 0.451. The van der Waals surface area contributed by atoms with E-state index in [2.05, 4.69) is 5.32 Å². The fourth-order valence-corrected chi connectivity index (χ4v) is 4.75. The number of aryl methyl sites for hydroxylation is 1. The van der Waals surface area contributed by atoms with Gasteiger partial charge in [-0.3, -0.25) is 13.9 Å². The van der Waals surface area contributed by atoms with E-state index in [4.69, 9.17) is 4.74 Å². The Morgan fingerprint density at radius 2 is 1.74 bits per heavy atom. The minimum Gasteiger partial charge on any atom is -0.497 e. The molecule has 9 heteroatoms. The number of carbonyl (C=O) groups excluding carboxylic acids is 2. The standard InChI is InChI=1S/C26H37N3O5S/c1-6-17-27-26(31)21(3)28(19-22-13-15-23(34-4)16-14-22)25(30)12-9-18-29(35(5,32)33)24-11-8-7-10-20(24)2/h7-8,10-11,13-16,21H,6,9,12,17-19H2,1-5H3,(H,27,31)/t21-/m1/s1. The summed E-state index contributed by atoms with van der Waals surface area (Å²) in [7, 11) is -1.94. The van der Waals surface area contributed by atoms with Crippen LogP contribution in [-0.4, -0.2) is 57.6 Å². The number of carbonyl (C=O) groups is 2. The first-order chi connectivity index (χ1) is 16.6. The van der Waals surface area contributed by atoms with Crippen molar-refractivity contribution in [1.29, 1.82) is 0 Å². The number of hydrogen-bond donors (Lipinski definition) is 1. The zero-order valence-corrected chi connectivity index (χ0v) is 22.1. The smallest absolute Gasteiger partial charge is 0.242 e. The predicted octanol–water partition coefficient (Wildman–Crippen LogP) is 3.49. The zero-order chi connectivity index (χ0) is 26.0. The summed E-state index contributed by atoms with van der Waals surface area (Å²) in [6.07, 6.45) is 2.39. The van der Waals surface area contributed by atoms with Gasteiger partial charge < -0.3 is 15.0 Å². The molecule has 0 aromatic heterocycles. The molecule has 2 aromatic carbocycles. The summed E-state index contributed by atoms with van der Waals surface area (Å²) in [5.74, 6) is 0.280. The second-order valence-corrected chi connectivity index (χ2v) is 10.5. The Labute approximate surface area is 209 Å². The van der Waals surface area contributed by atoms with Crippen molar-refractivity contribution in [2.24, 2.45) is 0 Å². The second-order valence-electron chi connectivity index (χ2n) is 8.56. The summed E-state index contributed by atoms with van der Waals surface area (Å²) in [5.41, 5.74) is 2.31. The molecule has 0 saturated heterocycles. The van der Waals surface area contributed by atoms with Gasteiger partial charge in [-0.05, 0) is 56.0 Å². The van der Waals surface area contributed by atoms with E-state index in [0.29, 0.717) is 24.4 Å². The first kappa shape index (κ1) is 28.2. The molecule has 0 bridgehead atoms. The van der Waals surface area contributed by atoms with Gasteiger partial charge in [0.2, 0.25) is 21.8 Å². The van der Waals surface area contributed by atoms with Crippen LogP contribution in [0.15, 0.2) is 48.5 Å². The summed E-state index contributed by atoms with van der Waals surface area (Å²) in [5, 5.41) is 2.85. The molecule has 0 unspecified atom stereocenters. The lowest BCUT2D eigenvalue weighted by molar-refractivity contribution is -0.140. The zero-order valence-electron chi connectivity index (χ0n) is 21.3. The molecule has 2 amide bonds. The molecule has 0 radical (unpaired) electrons. The van der Waals surface area contributed by atoms with Crippen molar-refractivity contribution in [2.45, 2.75) is 52.6 Å². The van der Waals surface area contributed by atoms with E-state index in [1.807, 2.05) is 50.2 Å². The van der Waals surface area contributed by atoms with E-state index in [9.17, 15) is 18.0 Å². The fourth-order valence-electron chi connectivity index (χ4n) is 3.73. The molecule has 1 N–H and O–H groups in total. The molecule has 0 aliphatic rings. The predicted molar refractivity (Wildman–Crippen MR) is 139 cm³/mol. The van der Waals surface area contributed by atoms with E-state index in [1.54, 1.807) is 31.1 Å². The van der Waals surface area contributed by atoms with Crippen molar-refractivity contribution in [1.82, 2.24) is 10.2 Å². The van der Waals surface area contributed by atoms with E-state index in [1.165, 1.54) is 4.31 Å². The highest BCUT2D eigenvalue weighted by atomic mass is 32.2. The van der Waals surface area contributed by atoms with Crippen molar-refractivity contribution in [3.05, 3.63) is 59.7 Å². The Bertz CT molecular complexity index is 1090. The molecule has 0 saturated carbocycles. The van der Waals surface area contributed by atoms with E-state index in [-0.39, 0.29) is 31.3 Å². The summed E-state index contributed by atoms with van der Waals surface area (Å²) in [6.45, 7) is 6.49. The molecule has 2 rings (SSSR count). The molecule has 2 aromatic rings. The normalized spacial score (nSPS) is 12.0. The lowest BCUT2D eigenvalue weighted by Crippen LogP contribution is -2.47. The van der Waals surface area contributed by atoms with Crippen LogP contribution >= 0.6 is 0 Å². The molecule has 1 atom stereocenters. The van der Waals surface area contributed by atoms with Gasteiger partial charge in [-0.15, -0.1) is 0 Å². The van der Waals surface area contributed by atoms with E-state index in [0.717, 1.165) is 23.8 Å². The molecule has 0 spiro atoms. The molecule has 0 fully saturated rings. The topological polar surface area (TPSA) is 96.0 Å². The highest BCUT2D eigenvalue weighted by Gasteiger charge is 2.26. The minimum absolute atomic E-state index is 0.111. The van der Waals surface area contributed by atoms with Crippen molar-refractivity contribution in [3.8, 4) is 5.75 Å². The number of methoxy groups -OCH3 is 1. The number of anilines is 1. The Kier molecular flexibility index (Phi) is 10.6. The largest absolute Gasteiger partial charge is 0.497 e. The van der Waals surface area contributed by atoms with Crippen LogP contribution < -0.4 is 14.4 Å². The van der Waals surface area contributed by atoms with Gasteiger partial charge in [0.25, 0.3) is 0 Å². The van der Waals surface area contributed by atoms with Gasteiger partial charge in [0.05, 0.1) is 19.1 Å². The van der Waals surface area contributed by atoms with Crippen molar-refractivity contribution >= 4 is 27.5 Å². The molecule has 192 valence electrons. The van der Waals surface area contributed by atoms with Gasteiger partial charge in [0.15, 0.2) is 0 Å². The van der Waals surface area contributed by atoms with Gasteiger partial charge >= 0.3 is 0 Å². The Morgan fingerprint density at radius 3 is 2.31 bits per heavy atom. The number of para-hydroxylation sites is 1. The summed E-state index contributed by atoms with van der Waals surface area (Å²) >= 11 is 0. The number of nitrogens with one attached hydrogen (secondary N) is 1. The molecule has 8 nitrogen and oxygen atoms in total. The van der Waals surface area contributed by atoms with Crippen molar-refractivity contribution in [2.75, 3.05) is 30.8 Å². The van der Waals surface area contributed by atoms with Crippen molar-refractivity contribution in [3.63, 3.8) is 0 Å². The molecule has 0 aliphatic heterocycles. The average molecular weight is 504 g/mol. The first-order valence-corrected chi connectivity index (χ1v) is 13.7. The number of sulfonamides is 1. The molecule has 35 heavy (non-hydrogen) atoms. The summed E-state index contributed by atoms with van der Waals surface area (Å²) in [6, 6.07) is 13.9. The highest BCUT2D eigenvalue weighted by Crippen LogP contribution is 2.23. The number of amides is 2. The maximum Gasteiger partial charge on any atom is 0.242 e. The van der Waals surface area contributed by atoms with Crippen LogP contribution in [0, 0.1) is 6.92 Å². The maximum atomic E-state index is 13.3. The number of benzene rings is 2. The average Bonchev–Trinajstić information content (AvgIpc) is 2.83.